The number of hydrogen-bond acceptors (Lipinski definition) is 6. The minimum atomic E-state index is 0.419. The van der Waals surface area contributed by atoms with Gasteiger partial charge in [0.1, 0.15) is 0 Å². The molecule has 2 rings (SSSR count). The fraction of sp³-hybridized carbons (Fsp3) is 0.375. The van der Waals surface area contributed by atoms with Gasteiger partial charge in [-0.05, 0) is 25.0 Å². The van der Waals surface area contributed by atoms with Gasteiger partial charge in [-0.15, -0.1) is 20.4 Å². The van der Waals surface area contributed by atoms with E-state index in [2.05, 4.69) is 36.1 Å². The lowest BCUT2D eigenvalue weighted by atomic mass is 10.2. The molecule has 0 bridgehead atoms. The SMILES string of the molecule is Cc1c(Cl)nnc(NCc2nn[nH]n2)c1C. The van der Waals surface area contributed by atoms with Crippen molar-refractivity contribution < 1.29 is 0 Å². The first-order chi connectivity index (χ1) is 7.68. The number of aromatic amines is 1. The van der Waals surface area contributed by atoms with E-state index < -0.39 is 0 Å². The largest absolute Gasteiger partial charge is 0.361 e. The summed E-state index contributed by atoms with van der Waals surface area (Å²) in [6.45, 7) is 4.26. The van der Waals surface area contributed by atoms with Gasteiger partial charge in [0.2, 0.25) is 0 Å². The number of anilines is 1. The van der Waals surface area contributed by atoms with Crippen molar-refractivity contribution in [3.8, 4) is 0 Å². The van der Waals surface area contributed by atoms with Crippen molar-refractivity contribution in [1.29, 1.82) is 0 Å². The molecule has 8 heteroatoms. The molecule has 16 heavy (non-hydrogen) atoms. The molecular formula is C8H10ClN7. The highest BCUT2D eigenvalue weighted by molar-refractivity contribution is 6.30. The Morgan fingerprint density at radius 1 is 1.19 bits per heavy atom. The topological polar surface area (TPSA) is 92.3 Å². The molecule has 2 aromatic rings. The second kappa shape index (κ2) is 4.40. The lowest BCUT2D eigenvalue weighted by molar-refractivity contribution is 0.881. The third-order valence-electron chi connectivity index (χ3n) is 2.27. The van der Waals surface area contributed by atoms with E-state index in [0.29, 0.717) is 23.3 Å². The van der Waals surface area contributed by atoms with Crippen LogP contribution >= 0.6 is 11.6 Å². The summed E-state index contributed by atoms with van der Waals surface area (Å²) < 4.78 is 0. The molecule has 2 N–H and O–H groups in total. The number of aromatic nitrogens is 6. The summed E-state index contributed by atoms with van der Waals surface area (Å²) >= 11 is 5.84. The van der Waals surface area contributed by atoms with E-state index in [0.717, 1.165) is 11.1 Å². The Hall–Kier alpha value is -1.76. The smallest absolute Gasteiger partial charge is 0.193 e. The van der Waals surface area contributed by atoms with Crippen LogP contribution in [0.15, 0.2) is 0 Å². The summed E-state index contributed by atoms with van der Waals surface area (Å²) in [5, 5.41) is 24.7. The van der Waals surface area contributed by atoms with Gasteiger partial charge in [0.05, 0.1) is 6.54 Å². The van der Waals surface area contributed by atoms with Crippen molar-refractivity contribution in [2.24, 2.45) is 0 Å². The Labute approximate surface area is 96.6 Å². The highest BCUT2D eigenvalue weighted by atomic mass is 35.5. The quantitative estimate of drug-likeness (QED) is 0.826. The summed E-state index contributed by atoms with van der Waals surface area (Å²) in [5.74, 6) is 1.24. The highest BCUT2D eigenvalue weighted by Crippen LogP contribution is 2.20. The van der Waals surface area contributed by atoms with Crippen molar-refractivity contribution in [2.75, 3.05) is 5.32 Å². The molecule has 0 aliphatic carbocycles. The number of tetrazole rings is 1. The third-order valence-corrected chi connectivity index (χ3v) is 2.63. The zero-order valence-electron chi connectivity index (χ0n) is 8.82. The van der Waals surface area contributed by atoms with Gasteiger partial charge in [0.15, 0.2) is 16.8 Å². The lowest BCUT2D eigenvalue weighted by Gasteiger charge is -2.08. The van der Waals surface area contributed by atoms with Crippen molar-refractivity contribution in [3.05, 3.63) is 22.1 Å². The van der Waals surface area contributed by atoms with Gasteiger partial charge in [-0.25, -0.2) is 0 Å². The Morgan fingerprint density at radius 3 is 2.69 bits per heavy atom. The number of halogens is 1. The van der Waals surface area contributed by atoms with Crippen LogP contribution in [0.3, 0.4) is 0 Å². The summed E-state index contributed by atoms with van der Waals surface area (Å²) in [7, 11) is 0. The maximum Gasteiger partial charge on any atom is 0.193 e. The van der Waals surface area contributed by atoms with Crippen LogP contribution in [0.2, 0.25) is 5.15 Å². The predicted octanol–water partition coefficient (Wildman–Crippen LogP) is 0.872. The number of H-pyrrole nitrogens is 1. The number of nitrogens with zero attached hydrogens (tertiary/aromatic N) is 5. The van der Waals surface area contributed by atoms with Crippen molar-refractivity contribution in [2.45, 2.75) is 20.4 Å². The van der Waals surface area contributed by atoms with Crippen molar-refractivity contribution in [1.82, 2.24) is 30.8 Å². The molecule has 2 heterocycles. The van der Waals surface area contributed by atoms with Crippen LogP contribution in [0.4, 0.5) is 5.82 Å². The summed E-state index contributed by atoms with van der Waals surface area (Å²) in [4.78, 5) is 0. The van der Waals surface area contributed by atoms with Gasteiger partial charge in [-0.2, -0.15) is 5.21 Å². The molecule has 0 fully saturated rings. The van der Waals surface area contributed by atoms with Crippen LogP contribution < -0.4 is 5.32 Å². The average molecular weight is 240 g/mol. The Bertz CT molecular complexity index is 481. The van der Waals surface area contributed by atoms with E-state index >= 15 is 0 Å². The Balaban J connectivity index is 2.13. The van der Waals surface area contributed by atoms with E-state index in [-0.39, 0.29) is 0 Å². The Morgan fingerprint density at radius 2 is 2.00 bits per heavy atom. The molecule has 0 aromatic carbocycles. The molecule has 0 atom stereocenters. The van der Waals surface area contributed by atoms with Gasteiger partial charge in [0.25, 0.3) is 0 Å². The molecule has 0 saturated heterocycles. The second-order valence-corrected chi connectivity index (χ2v) is 3.63. The molecule has 0 spiro atoms. The van der Waals surface area contributed by atoms with E-state index in [4.69, 9.17) is 11.6 Å². The first kappa shape index (κ1) is 10.7. The fourth-order valence-corrected chi connectivity index (χ4v) is 1.34. The van der Waals surface area contributed by atoms with E-state index in [1.54, 1.807) is 0 Å². The minimum absolute atomic E-state index is 0.419. The Kier molecular flexibility index (Phi) is 2.95. The fourth-order valence-electron chi connectivity index (χ4n) is 1.16. The second-order valence-electron chi connectivity index (χ2n) is 3.27. The van der Waals surface area contributed by atoms with Crippen LogP contribution in [-0.2, 0) is 6.54 Å². The van der Waals surface area contributed by atoms with Gasteiger partial charge in [0, 0.05) is 0 Å². The van der Waals surface area contributed by atoms with Crippen molar-refractivity contribution in [3.63, 3.8) is 0 Å². The standard InChI is InChI=1S/C8H10ClN7/c1-4-5(2)8(14-13-7(4)9)10-3-6-11-15-16-12-6/h3H2,1-2H3,(H,10,14)(H,11,12,15,16). The van der Waals surface area contributed by atoms with Crippen molar-refractivity contribution >= 4 is 17.4 Å². The molecule has 0 saturated carbocycles. The molecule has 0 unspecified atom stereocenters. The average Bonchev–Trinajstić information content (AvgIpc) is 2.78. The summed E-state index contributed by atoms with van der Waals surface area (Å²) in [6, 6.07) is 0. The van der Waals surface area contributed by atoms with Crippen LogP contribution in [-0.4, -0.2) is 30.8 Å². The van der Waals surface area contributed by atoms with Crippen LogP contribution in [0.1, 0.15) is 17.0 Å². The zero-order valence-corrected chi connectivity index (χ0v) is 9.58. The minimum Gasteiger partial charge on any atom is -0.361 e. The van der Waals surface area contributed by atoms with Gasteiger partial charge >= 0.3 is 0 Å². The number of hydrogen-bond donors (Lipinski definition) is 2. The maximum absolute atomic E-state index is 5.84. The van der Waals surface area contributed by atoms with E-state index in [9.17, 15) is 0 Å². The lowest BCUT2D eigenvalue weighted by Crippen LogP contribution is -2.07. The van der Waals surface area contributed by atoms with Gasteiger partial charge < -0.3 is 5.32 Å². The number of nitrogens with one attached hydrogen (secondary N) is 2. The van der Waals surface area contributed by atoms with Crippen LogP contribution in [0.5, 0.6) is 0 Å². The number of rotatable bonds is 3. The highest BCUT2D eigenvalue weighted by Gasteiger charge is 2.08. The first-order valence-corrected chi connectivity index (χ1v) is 5.02. The molecule has 84 valence electrons. The van der Waals surface area contributed by atoms with Gasteiger partial charge in [-0.3, -0.25) is 0 Å². The third kappa shape index (κ3) is 2.08. The normalized spacial score (nSPS) is 10.4. The molecule has 0 aliphatic heterocycles. The molecule has 0 radical (unpaired) electrons. The molecule has 2 aromatic heterocycles. The molecular weight excluding hydrogens is 230 g/mol. The summed E-state index contributed by atoms with van der Waals surface area (Å²) in [6.07, 6.45) is 0. The van der Waals surface area contributed by atoms with E-state index in [1.807, 2.05) is 13.8 Å². The molecule has 0 amide bonds. The molecule has 0 aliphatic rings. The van der Waals surface area contributed by atoms with E-state index in [1.165, 1.54) is 0 Å². The predicted molar refractivity (Wildman–Crippen MR) is 58.0 cm³/mol. The first-order valence-electron chi connectivity index (χ1n) is 4.64. The zero-order chi connectivity index (χ0) is 11.5. The summed E-state index contributed by atoms with van der Waals surface area (Å²) in [5.41, 5.74) is 1.87. The monoisotopic (exact) mass is 239 g/mol. The molecule has 7 nitrogen and oxygen atoms in total. The maximum atomic E-state index is 5.84. The van der Waals surface area contributed by atoms with Crippen LogP contribution in [0, 0.1) is 13.8 Å². The van der Waals surface area contributed by atoms with Gasteiger partial charge in [-0.1, -0.05) is 16.8 Å². The van der Waals surface area contributed by atoms with Crippen LogP contribution in [0.25, 0.3) is 0 Å².